The van der Waals surface area contributed by atoms with Crippen LogP contribution in [0.5, 0.6) is 5.75 Å². The first-order valence-corrected chi connectivity index (χ1v) is 9.99. The van der Waals surface area contributed by atoms with Crippen molar-refractivity contribution in [2.24, 2.45) is 0 Å². The molecule has 2 aliphatic heterocycles. The Hall–Kier alpha value is -2.41. The van der Waals surface area contributed by atoms with E-state index in [0.29, 0.717) is 6.42 Å². The van der Waals surface area contributed by atoms with Crippen molar-refractivity contribution in [1.82, 2.24) is 15.8 Å². The minimum absolute atomic E-state index is 0.00242. The summed E-state index contributed by atoms with van der Waals surface area (Å²) in [5.74, 6) is 0.830. The molecule has 6 heteroatoms. The third kappa shape index (κ3) is 4.35. The van der Waals surface area contributed by atoms with E-state index >= 15 is 0 Å². The fraction of sp³-hybridized carbons (Fsp3) is 0.409. The van der Waals surface area contributed by atoms with Gasteiger partial charge in [-0.1, -0.05) is 30.3 Å². The number of carbonyl (C=O) groups is 1. The Kier molecular flexibility index (Phi) is 5.90. The molecule has 3 N–H and O–H groups in total. The molecule has 2 heterocycles. The highest BCUT2D eigenvalue weighted by atomic mass is 16.5. The Labute approximate surface area is 166 Å². The fourth-order valence-electron chi connectivity index (χ4n) is 3.96. The topological polar surface area (TPSA) is 65.6 Å². The molecular weight excluding hydrogens is 352 g/mol. The zero-order valence-corrected chi connectivity index (χ0v) is 16.3. The van der Waals surface area contributed by atoms with E-state index in [2.05, 4.69) is 27.1 Å². The Morgan fingerprint density at radius 3 is 2.61 bits per heavy atom. The van der Waals surface area contributed by atoms with Crippen LogP contribution in [0.25, 0.3) is 0 Å². The molecule has 2 aromatic rings. The summed E-state index contributed by atoms with van der Waals surface area (Å²) in [5, 5.41) is 3.13. The summed E-state index contributed by atoms with van der Waals surface area (Å²) >= 11 is 0. The van der Waals surface area contributed by atoms with E-state index in [4.69, 9.17) is 4.74 Å². The average molecular weight is 380 g/mol. The van der Waals surface area contributed by atoms with Crippen molar-refractivity contribution in [3.8, 4) is 5.75 Å². The van der Waals surface area contributed by atoms with E-state index in [1.807, 2.05) is 42.5 Å². The maximum atomic E-state index is 12.8. The van der Waals surface area contributed by atoms with Gasteiger partial charge in [0, 0.05) is 18.3 Å². The highest BCUT2D eigenvalue weighted by Gasteiger charge is 2.30. The molecular formula is C22H28N4O2. The van der Waals surface area contributed by atoms with Crippen LogP contribution < -0.4 is 20.9 Å². The van der Waals surface area contributed by atoms with Crippen LogP contribution in [-0.2, 0) is 11.3 Å². The summed E-state index contributed by atoms with van der Waals surface area (Å²) < 4.78 is 5.21. The minimum atomic E-state index is -0.271. The number of anilines is 1. The lowest BCUT2D eigenvalue weighted by Crippen LogP contribution is -2.39. The molecule has 2 aromatic carbocycles. The molecule has 4 rings (SSSR count). The number of hydrazine groups is 1. The first-order chi connectivity index (χ1) is 13.7. The summed E-state index contributed by atoms with van der Waals surface area (Å²) in [6.07, 6.45) is 3.23. The summed E-state index contributed by atoms with van der Waals surface area (Å²) in [4.78, 5) is 15.3. The number of amides is 1. The Morgan fingerprint density at radius 2 is 1.86 bits per heavy atom. The van der Waals surface area contributed by atoms with E-state index in [0.717, 1.165) is 36.6 Å². The number of para-hydroxylation sites is 1. The molecule has 2 fully saturated rings. The normalized spacial score (nSPS) is 22.3. The van der Waals surface area contributed by atoms with E-state index in [-0.39, 0.29) is 18.0 Å². The monoisotopic (exact) mass is 380 g/mol. The minimum Gasteiger partial charge on any atom is -0.497 e. The average Bonchev–Trinajstić information content (AvgIpc) is 3.42. The Balaban J connectivity index is 1.37. The van der Waals surface area contributed by atoms with Gasteiger partial charge in [0.05, 0.1) is 7.11 Å². The van der Waals surface area contributed by atoms with Gasteiger partial charge < -0.3 is 10.1 Å². The molecule has 28 heavy (non-hydrogen) atoms. The lowest BCUT2D eigenvalue weighted by Gasteiger charge is -2.19. The number of hydrogen-bond acceptors (Lipinski definition) is 5. The van der Waals surface area contributed by atoms with Gasteiger partial charge in [-0.15, -0.1) is 0 Å². The van der Waals surface area contributed by atoms with Gasteiger partial charge >= 0.3 is 0 Å². The quantitative estimate of drug-likeness (QED) is 0.719. The first kappa shape index (κ1) is 18.9. The zero-order chi connectivity index (χ0) is 19.3. The smallest absolute Gasteiger partial charge is 0.242 e. The second-order valence-electron chi connectivity index (χ2n) is 7.53. The molecule has 0 aromatic heterocycles. The highest BCUT2D eigenvalue weighted by molar-refractivity contribution is 5.95. The van der Waals surface area contributed by atoms with E-state index in [9.17, 15) is 4.79 Å². The highest BCUT2D eigenvalue weighted by Crippen LogP contribution is 2.26. The summed E-state index contributed by atoms with van der Waals surface area (Å²) in [7, 11) is 1.66. The number of nitrogens with one attached hydrogen (secondary N) is 3. The second-order valence-corrected chi connectivity index (χ2v) is 7.53. The first-order valence-electron chi connectivity index (χ1n) is 9.99. The Bertz CT molecular complexity index is 802. The van der Waals surface area contributed by atoms with Crippen LogP contribution in [0.3, 0.4) is 0 Å². The molecule has 2 atom stereocenters. The van der Waals surface area contributed by atoms with Gasteiger partial charge in [-0.05, 0) is 61.7 Å². The third-order valence-electron chi connectivity index (χ3n) is 5.61. The van der Waals surface area contributed by atoms with Crippen LogP contribution >= 0.6 is 0 Å². The lowest BCUT2D eigenvalue weighted by molar-refractivity contribution is -0.117. The summed E-state index contributed by atoms with van der Waals surface area (Å²) in [5.41, 5.74) is 9.61. The molecule has 0 bridgehead atoms. The number of likely N-dealkylation sites (tertiary alicyclic amines) is 1. The molecule has 2 saturated heterocycles. The lowest BCUT2D eigenvalue weighted by atomic mass is 10.0. The van der Waals surface area contributed by atoms with Crippen molar-refractivity contribution in [3.05, 3.63) is 59.7 Å². The van der Waals surface area contributed by atoms with Gasteiger partial charge in [0.25, 0.3) is 0 Å². The molecule has 0 aliphatic carbocycles. The van der Waals surface area contributed by atoms with Crippen LogP contribution in [0.15, 0.2) is 48.5 Å². The molecule has 0 radical (unpaired) electrons. The largest absolute Gasteiger partial charge is 0.497 e. The maximum absolute atomic E-state index is 12.8. The molecule has 2 aliphatic rings. The molecule has 2 unspecified atom stereocenters. The fourth-order valence-corrected chi connectivity index (χ4v) is 3.96. The number of benzene rings is 2. The van der Waals surface area contributed by atoms with E-state index in [1.165, 1.54) is 18.4 Å². The molecule has 6 nitrogen and oxygen atoms in total. The van der Waals surface area contributed by atoms with Crippen molar-refractivity contribution >= 4 is 11.6 Å². The molecule has 0 spiro atoms. The molecule has 1 amide bonds. The van der Waals surface area contributed by atoms with Gasteiger partial charge in [-0.2, -0.15) is 0 Å². The van der Waals surface area contributed by atoms with E-state index in [1.54, 1.807) is 7.11 Å². The van der Waals surface area contributed by atoms with Crippen molar-refractivity contribution < 1.29 is 9.53 Å². The van der Waals surface area contributed by atoms with Crippen LogP contribution in [0, 0.1) is 0 Å². The zero-order valence-electron chi connectivity index (χ0n) is 16.3. The predicted octanol–water partition coefficient (Wildman–Crippen LogP) is 2.84. The van der Waals surface area contributed by atoms with Gasteiger partial charge in [0.1, 0.15) is 11.8 Å². The number of ether oxygens (including phenoxy) is 1. The van der Waals surface area contributed by atoms with Gasteiger partial charge in [-0.3, -0.25) is 9.69 Å². The Morgan fingerprint density at radius 1 is 1.11 bits per heavy atom. The van der Waals surface area contributed by atoms with Crippen molar-refractivity contribution in [2.75, 3.05) is 25.5 Å². The summed E-state index contributed by atoms with van der Waals surface area (Å²) in [6, 6.07) is 15.9. The second kappa shape index (κ2) is 8.73. The van der Waals surface area contributed by atoms with E-state index < -0.39 is 0 Å². The van der Waals surface area contributed by atoms with Crippen molar-refractivity contribution in [3.63, 3.8) is 0 Å². The maximum Gasteiger partial charge on any atom is 0.242 e. The number of methoxy groups -OCH3 is 1. The number of rotatable bonds is 6. The number of hydrogen-bond donors (Lipinski definition) is 3. The molecule has 148 valence electrons. The van der Waals surface area contributed by atoms with Gasteiger partial charge in [0.2, 0.25) is 5.91 Å². The van der Waals surface area contributed by atoms with Crippen LogP contribution in [-0.4, -0.2) is 37.0 Å². The molecule has 0 saturated carbocycles. The van der Waals surface area contributed by atoms with Crippen LogP contribution in [0.1, 0.15) is 36.4 Å². The summed E-state index contributed by atoms with van der Waals surface area (Å²) in [6.45, 7) is 3.17. The number of carbonyl (C=O) groups excluding carboxylic acids is 1. The standard InChI is InChI=1S/C22H28N4O2/c1-28-18-10-8-16(9-11-18)20-14-21(25-24-20)22(27)23-19-7-3-2-6-17(19)15-26-12-4-5-13-26/h2-3,6-11,20-21,24-25H,4-5,12-15H2,1H3,(H,23,27). The van der Waals surface area contributed by atoms with Crippen molar-refractivity contribution in [1.29, 1.82) is 0 Å². The third-order valence-corrected chi connectivity index (χ3v) is 5.61. The van der Waals surface area contributed by atoms with Gasteiger partial charge in [0.15, 0.2) is 0 Å². The number of nitrogens with zero attached hydrogens (tertiary/aromatic N) is 1. The van der Waals surface area contributed by atoms with Crippen LogP contribution in [0.2, 0.25) is 0 Å². The van der Waals surface area contributed by atoms with Crippen LogP contribution in [0.4, 0.5) is 5.69 Å². The van der Waals surface area contributed by atoms with Crippen molar-refractivity contribution in [2.45, 2.75) is 37.9 Å². The predicted molar refractivity (Wildman–Crippen MR) is 110 cm³/mol. The van der Waals surface area contributed by atoms with Gasteiger partial charge in [-0.25, -0.2) is 10.9 Å². The SMILES string of the molecule is COc1ccc(C2CC(C(=O)Nc3ccccc3CN3CCCC3)NN2)cc1.